The number of H-pyrrole nitrogens is 1. The van der Waals surface area contributed by atoms with Crippen molar-refractivity contribution in [3.63, 3.8) is 0 Å². The molecule has 0 radical (unpaired) electrons. The van der Waals surface area contributed by atoms with E-state index in [4.69, 9.17) is 4.74 Å². The lowest BCUT2D eigenvalue weighted by Gasteiger charge is -2.35. The highest BCUT2D eigenvalue weighted by molar-refractivity contribution is 9.09. The van der Waals surface area contributed by atoms with Gasteiger partial charge in [-0.3, -0.25) is 4.57 Å². The number of hydrogen-bond acceptors (Lipinski definition) is 4. The lowest BCUT2D eigenvalue weighted by atomic mass is 9.85. The molecular formula is C12H20BrN3O2S. The Labute approximate surface area is 125 Å². The summed E-state index contributed by atoms with van der Waals surface area (Å²) in [4.78, 5) is 11.7. The van der Waals surface area contributed by atoms with Crippen LogP contribution in [0.25, 0.3) is 0 Å². The average Bonchev–Trinajstić information content (AvgIpc) is 2.79. The van der Waals surface area contributed by atoms with E-state index in [2.05, 4.69) is 26.1 Å². The second-order valence-electron chi connectivity index (χ2n) is 5.31. The molecule has 2 heterocycles. The number of thioether (sulfide) groups is 1. The highest BCUT2D eigenvalue weighted by Crippen LogP contribution is 2.37. The van der Waals surface area contributed by atoms with Crippen LogP contribution in [0.5, 0.6) is 0 Å². The Hall–Kier alpha value is -0.270. The zero-order valence-electron chi connectivity index (χ0n) is 11.3. The molecule has 1 saturated heterocycles. The molecule has 1 N–H and O–H groups in total. The van der Waals surface area contributed by atoms with Gasteiger partial charge in [0, 0.05) is 30.3 Å². The van der Waals surface area contributed by atoms with Crippen LogP contribution in [0.4, 0.5) is 0 Å². The molecule has 0 saturated carbocycles. The van der Waals surface area contributed by atoms with Gasteiger partial charge < -0.3 is 4.74 Å². The second-order valence-corrected chi connectivity index (χ2v) is 6.81. The van der Waals surface area contributed by atoms with Crippen molar-refractivity contribution in [1.82, 2.24) is 14.8 Å². The fraction of sp³-hybridized carbons (Fsp3) is 0.833. The zero-order valence-corrected chi connectivity index (χ0v) is 13.7. The topological polar surface area (TPSA) is 59.9 Å². The molecule has 1 fully saturated rings. The number of nitrogens with zero attached hydrogens (tertiary/aromatic N) is 2. The van der Waals surface area contributed by atoms with Crippen LogP contribution in [0.1, 0.15) is 32.7 Å². The fourth-order valence-electron chi connectivity index (χ4n) is 2.19. The van der Waals surface area contributed by atoms with E-state index in [9.17, 15) is 4.79 Å². The summed E-state index contributed by atoms with van der Waals surface area (Å²) < 4.78 is 7.15. The standard InChI is InChI=1S/C12H20BrN3O2S/c1-9(2)16-10(17)14-15-11(16)19-8-12(7-13)3-5-18-6-4-12/h9H,3-8H2,1-2H3,(H,14,17). The van der Waals surface area contributed by atoms with Crippen molar-refractivity contribution in [2.24, 2.45) is 5.41 Å². The van der Waals surface area contributed by atoms with Gasteiger partial charge in [0.2, 0.25) is 0 Å². The summed E-state index contributed by atoms with van der Waals surface area (Å²) in [5.41, 5.74) is 0.122. The third-order valence-electron chi connectivity index (χ3n) is 3.53. The van der Waals surface area contributed by atoms with E-state index in [0.717, 1.165) is 42.3 Å². The summed E-state index contributed by atoms with van der Waals surface area (Å²) in [6.07, 6.45) is 2.11. The number of aromatic amines is 1. The van der Waals surface area contributed by atoms with Gasteiger partial charge in [-0.1, -0.05) is 27.7 Å². The number of nitrogens with one attached hydrogen (secondary N) is 1. The van der Waals surface area contributed by atoms with Crippen molar-refractivity contribution in [2.75, 3.05) is 24.3 Å². The van der Waals surface area contributed by atoms with Gasteiger partial charge in [0.05, 0.1) is 0 Å². The van der Waals surface area contributed by atoms with Crippen molar-refractivity contribution in [3.8, 4) is 0 Å². The van der Waals surface area contributed by atoms with Crippen molar-refractivity contribution < 1.29 is 4.74 Å². The first-order valence-electron chi connectivity index (χ1n) is 6.51. The predicted molar refractivity (Wildman–Crippen MR) is 80.2 cm³/mol. The maximum Gasteiger partial charge on any atom is 0.344 e. The third kappa shape index (κ3) is 3.44. The quantitative estimate of drug-likeness (QED) is 0.655. The molecule has 7 heteroatoms. The molecule has 5 nitrogen and oxygen atoms in total. The highest BCUT2D eigenvalue weighted by atomic mass is 79.9. The van der Waals surface area contributed by atoms with E-state index in [0.29, 0.717) is 0 Å². The molecule has 0 aromatic carbocycles. The van der Waals surface area contributed by atoms with Crippen LogP contribution in [0.3, 0.4) is 0 Å². The van der Waals surface area contributed by atoms with Crippen molar-refractivity contribution >= 4 is 27.7 Å². The van der Waals surface area contributed by atoms with Gasteiger partial charge in [-0.15, -0.1) is 5.10 Å². The molecule has 0 amide bonds. The van der Waals surface area contributed by atoms with E-state index >= 15 is 0 Å². The Kier molecular flexibility index (Phi) is 5.14. The Morgan fingerprint density at radius 3 is 2.79 bits per heavy atom. The van der Waals surface area contributed by atoms with Crippen molar-refractivity contribution in [2.45, 2.75) is 37.9 Å². The first-order valence-corrected chi connectivity index (χ1v) is 8.62. The maximum atomic E-state index is 11.7. The van der Waals surface area contributed by atoms with Gasteiger partial charge in [0.1, 0.15) is 0 Å². The summed E-state index contributed by atoms with van der Waals surface area (Å²) in [7, 11) is 0. The predicted octanol–water partition coefficient (Wildman–Crippen LogP) is 2.44. The lowest BCUT2D eigenvalue weighted by molar-refractivity contribution is 0.0374. The van der Waals surface area contributed by atoms with Gasteiger partial charge >= 0.3 is 5.69 Å². The molecule has 0 aliphatic carbocycles. The van der Waals surface area contributed by atoms with Gasteiger partial charge in [-0.2, -0.15) is 0 Å². The molecule has 2 rings (SSSR count). The van der Waals surface area contributed by atoms with Gasteiger partial charge in [-0.05, 0) is 32.1 Å². The summed E-state index contributed by atoms with van der Waals surface area (Å²) in [6.45, 7) is 5.64. The minimum absolute atomic E-state index is 0.127. The molecule has 0 unspecified atom stereocenters. The van der Waals surface area contributed by atoms with E-state index in [1.165, 1.54) is 0 Å². The normalized spacial score (nSPS) is 18.9. The molecular weight excluding hydrogens is 330 g/mol. The molecule has 0 spiro atoms. The smallest absolute Gasteiger partial charge is 0.344 e. The summed E-state index contributed by atoms with van der Waals surface area (Å²) in [5.74, 6) is 0.957. The first kappa shape index (κ1) is 15.1. The molecule has 108 valence electrons. The highest BCUT2D eigenvalue weighted by Gasteiger charge is 2.32. The van der Waals surface area contributed by atoms with E-state index in [1.807, 2.05) is 13.8 Å². The van der Waals surface area contributed by atoms with Gasteiger partial charge in [-0.25, -0.2) is 9.89 Å². The van der Waals surface area contributed by atoms with Crippen LogP contribution in [-0.2, 0) is 4.74 Å². The van der Waals surface area contributed by atoms with Crippen LogP contribution in [0.15, 0.2) is 9.95 Å². The second kappa shape index (κ2) is 6.45. The summed E-state index contributed by atoms with van der Waals surface area (Å²) in [5, 5.41) is 8.41. The number of aromatic nitrogens is 3. The Morgan fingerprint density at radius 1 is 1.53 bits per heavy atom. The molecule has 1 aromatic heterocycles. The summed E-state index contributed by atoms with van der Waals surface area (Å²) in [6, 6.07) is 0.128. The fourth-order valence-corrected chi connectivity index (χ4v) is 4.58. The van der Waals surface area contributed by atoms with Crippen molar-refractivity contribution in [3.05, 3.63) is 10.5 Å². The van der Waals surface area contributed by atoms with Crippen molar-refractivity contribution in [1.29, 1.82) is 0 Å². The number of halogens is 1. The maximum absolute atomic E-state index is 11.7. The lowest BCUT2D eigenvalue weighted by Crippen LogP contribution is -2.33. The average molecular weight is 350 g/mol. The Bertz CT molecular complexity index is 466. The number of rotatable bonds is 5. The Balaban J connectivity index is 2.07. The number of hydrogen-bond donors (Lipinski definition) is 1. The van der Waals surface area contributed by atoms with Crippen LogP contribution in [0, 0.1) is 5.41 Å². The van der Waals surface area contributed by atoms with E-state index in [1.54, 1.807) is 16.3 Å². The summed E-state index contributed by atoms with van der Waals surface area (Å²) >= 11 is 5.29. The molecule has 19 heavy (non-hydrogen) atoms. The van der Waals surface area contributed by atoms with E-state index < -0.39 is 0 Å². The van der Waals surface area contributed by atoms with Gasteiger partial charge in [0.25, 0.3) is 0 Å². The monoisotopic (exact) mass is 349 g/mol. The molecule has 1 aromatic rings. The van der Waals surface area contributed by atoms with E-state index in [-0.39, 0.29) is 17.1 Å². The van der Waals surface area contributed by atoms with Crippen LogP contribution >= 0.6 is 27.7 Å². The Morgan fingerprint density at radius 2 is 2.21 bits per heavy atom. The minimum atomic E-state index is -0.127. The largest absolute Gasteiger partial charge is 0.381 e. The molecule has 1 aliphatic rings. The molecule has 1 aliphatic heterocycles. The molecule has 0 atom stereocenters. The van der Waals surface area contributed by atoms with Gasteiger partial charge in [0.15, 0.2) is 5.16 Å². The third-order valence-corrected chi connectivity index (χ3v) is 6.03. The SMILES string of the molecule is CC(C)n1c(SCC2(CBr)CCOCC2)n[nH]c1=O. The number of ether oxygens (including phenoxy) is 1. The zero-order chi connectivity index (χ0) is 13.9. The number of alkyl halides is 1. The first-order chi connectivity index (χ1) is 9.08. The van der Waals surface area contributed by atoms with Crippen LogP contribution in [0.2, 0.25) is 0 Å². The molecule has 0 bridgehead atoms. The minimum Gasteiger partial charge on any atom is -0.381 e. The van der Waals surface area contributed by atoms with Crippen LogP contribution < -0.4 is 5.69 Å². The van der Waals surface area contributed by atoms with Crippen LogP contribution in [-0.4, -0.2) is 39.1 Å².